The smallest absolute Gasteiger partial charge is 0.339 e. The van der Waals surface area contributed by atoms with Gasteiger partial charge in [-0.25, -0.2) is 18.6 Å². The Kier molecular flexibility index (Phi) is 3.21. The van der Waals surface area contributed by atoms with Crippen LogP contribution in [0.5, 0.6) is 0 Å². The van der Waals surface area contributed by atoms with Crippen LogP contribution in [0.1, 0.15) is 10.4 Å². The highest BCUT2D eigenvalue weighted by molar-refractivity contribution is 9.10. The molecule has 0 aliphatic heterocycles. The molecule has 0 spiro atoms. The summed E-state index contributed by atoms with van der Waals surface area (Å²) in [7, 11) is 0. The minimum Gasteiger partial charge on any atom is -0.478 e. The van der Waals surface area contributed by atoms with Gasteiger partial charge in [0.15, 0.2) is 5.58 Å². The second-order valence-corrected chi connectivity index (χ2v) is 5.14. The molecule has 21 heavy (non-hydrogen) atoms. The molecule has 1 aromatic heterocycles. The van der Waals surface area contributed by atoms with E-state index in [4.69, 9.17) is 9.52 Å². The van der Waals surface area contributed by atoms with Gasteiger partial charge in [0.25, 0.3) is 0 Å². The maximum Gasteiger partial charge on any atom is 0.339 e. The van der Waals surface area contributed by atoms with Crippen molar-refractivity contribution in [1.82, 2.24) is 4.98 Å². The van der Waals surface area contributed by atoms with E-state index in [0.29, 0.717) is 0 Å². The molecule has 0 bridgehead atoms. The molecule has 0 radical (unpaired) electrons. The van der Waals surface area contributed by atoms with Crippen LogP contribution < -0.4 is 0 Å². The number of hydrogen-bond donors (Lipinski definition) is 1. The Hall–Kier alpha value is -2.28. The number of carboxylic acid groups (broad SMARTS) is 1. The Labute approximate surface area is 125 Å². The van der Waals surface area contributed by atoms with Crippen LogP contribution in [-0.2, 0) is 0 Å². The molecule has 4 nitrogen and oxygen atoms in total. The molecule has 0 fully saturated rings. The summed E-state index contributed by atoms with van der Waals surface area (Å²) in [5, 5.41) is 9.07. The number of oxazole rings is 1. The van der Waals surface area contributed by atoms with Gasteiger partial charge in [0.2, 0.25) is 5.89 Å². The zero-order valence-electron chi connectivity index (χ0n) is 10.2. The van der Waals surface area contributed by atoms with Gasteiger partial charge in [-0.3, -0.25) is 0 Å². The van der Waals surface area contributed by atoms with Crippen LogP contribution in [0.15, 0.2) is 39.2 Å². The zero-order chi connectivity index (χ0) is 15.1. The lowest BCUT2D eigenvalue weighted by atomic mass is 10.2. The SMILES string of the molecule is O=C(O)c1cccc2nc(-c3c(F)cc(Br)cc3F)oc12. The summed E-state index contributed by atoms with van der Waals surface area (Å²) in [6.07, 6.45) is 0. The summed E-state index contributed by atoms with van der Waals surface area (Å²) in [6, 6.07) is 6.46. The molecule has 1 heterocycles. The molecule has 2 aromatic carbocycles. The number of carboxylic acids is 1. The van der Waals surface area contributed by atoms with Crippen molar-refractivity contribution in [3.8, 4) is 11.5 Å². The largest absolute Gasteiger partial charge is 0.478 e. The molecule has 3 aromatic rings. The number of aromatic carboxylic acids is 1. The van der Waals surface area contributed by atoms with Crippen LogP contribution in [0.2, 0.25) is 0 Å². The number of carbonyl (C=O) groups is 1. The first-order chi connectivity index (χ1) is 9.97. The molecule has 106 valence electrons. The van der Waals surface area contributed by atoms with Gasteiger partial charge in [0.1, 0.15) is 28.3 Å². The Morgan fingerprint density at radius 1 is 1.24 bits per heavy atom. The van der Waals surface area contributed by atoms with Gasteiger partial charge < -0.3 is 9.52 Å². The van der Waals surface area contributed by atoms with E-state index in [1.165, 1.54) is 18.2 Å². The van der Waals surface area contributed by atoms with E-state index in [9.17, 15) is 13.6 Å². The molecule has 7 heteroatoms. The lowest BCUT2D eigenvalue weighted by Crippen LogP contribution is -1.95. The lowest BCUT2D eigenvalue weighted by molar-refractivity contribution is 0.0698. The monoisotopic (exact) mass is 353 g/mol. The summed E-state index contributed by atoms with van der Waals surface area (Å²) >= 11 is 2.98. The van der Waals surface area contributed by atoms with Crippen molar-refractivity contribution in [2.45, 2.75) is 0 Å². The summed E-state index contributed by atoms with van der Waals surface area (Å²) in [6.45, 7) is 0. The van der Waals surface area contributed by atoms with E-state index >= 15 is 0 Å². The highest BCUT2D eigenvalue weighted by Gasteiger charge is 2.21. The van der Waals surface area contributed by atoms with Crippen LogP contribution in [-0.4, -0.2) is 16.1 Å². The van der Waals surface area contributed by atoms with Gasteiger partial charge in [0, 0.05) is 4.47 Å². The summed E-state index contributed by atoms with van der Waals surface area (Å²) in [5.41, 5.74) is -0.372. The molecule has 0 saturated heterocycles. The van der Waals surface area contributed by atoms with Crippen LogP contribution in [0, 0.1) is 11.6 Å². The normalized spacial score (nSPS) is 11.0. The number of halogens is 3. The van der Waals surface area contributed by atoms with Gasteiger partial charge in [-0.2, -0.15) is 0 Å². The van der Waals surface area contributed by atoms with Crippen molar-refractivity contribution >= 4 is 33.0 Å². The van der Waals surface area contributed by atoms with Gasteiger partial charge in [-0.15, -0.1) is 0 Å². The van der Waals surface area contributed by atoms with Gasteiger partial charge in [-0.1, -0.05) is 22.0 Å². The molecule has 1 N–H and O–H groups in total. The molecule has 0 aliphatic carbocycles. The van der Waals surface area contributed by atoms with E-state index in [0.717, 1.165) is 12.1 Å². The number of aromatic nitrogens is 1. The van der Waals surface area contributed by atoms with Gasteiger partial charge >= 0.3 is 5.97 Å². The molecule has 0 aliphatic rings. The Bertz CT molecular complexity index is 853. The number of benzene rings is 2. The van der Waals surface area contributed by atoms with Crippen molar-refractivity contribution < 1.29 is 23.1 Å². The van der Waals surface area contributed by atoms with Crippen molar-refractivity contribution in [2.24, 2.45) is 0 Å². The first kappa shape index (κ1) is 13.7. The van der Waals surface area contributed by atoms with Crippen molar-refractivity contribution in [3.63, 3.8) is 0 Å². The summed E-state index contributed by atoms with van der Waals surface area (Å²) < 4.78 is 33.3. The second-order valence-electron chi connectivity index (χ2n) is 4.22. The van der Waals surface area contributed by atoms with Crippen molar-refractivity contribution in [3.05, 3.63) is 52.0 Å². The fraction of sp³-hybridized carbons (Fsp3) is 0. The topological polar surface area (TPSA) is 63.3 Å². The second kappa shape index (κ2) is 4.92. The summed E-state index contributed by atoms with van der Waals surface area (Å²) in [5.74, 6) is -3.23. The molecule has 3 rings (SSSR count). The molecular formula is C14H6BrF2NO3. The minimum absolute atomic E-state index is 0.0262. The maximum atomic E-state index is 13.9. The Morgan fingerprint density at radius 2 is 1.90 bits per heavy atom. The lowest BCUT2D eigenvalue weighted by Gasteiger charge is -2.01. The van der Waals surface area contributed by atoms with Crippen molar-refractivity contribution in [1.29, 1.82) is 0 Å². The van der Waals surface area contributed by atoms with E-state index in [1.54, 1.807) is 0 Å². The molecule has 0 amide bonds. The number of fused-ring (bicyclic) bond motifs is 1. The first-order valence-corrected chi connectivity index (χ1v) is 6.54. The van der Waals surface area contributed by atoms with E-state index in [-0.39, 0.29) is 27.0 Å². The zero-order valence-corrected chi connectivity index (χ0v) is 11.8. The first-order valence-electron chi connectivity index (χ1n) is 5.75. The number of para-hydroxylation sites is 1. The summed E-state index contributed by atoms with van der Waals surface area (Å²) in [4.78, 5) is 15.0. The quantitative estimate of drug-likeness (QED) is 0.748. The predicted molar refractivity (Wildman–Crippen MR) is 74.0 cm³/mol. The van der Waals surface area contributed by atoms with E-state index in [2.05, 4.69) is 20.9 Å². The highest BCUT2D eigenvalue weighted by Crippen LogP contribution is 2.31. The molecule has 0 saturated carbocycles. The third-order valence-corrected chi connectivity index (χ3v) is 3.32. The van der Waals surface area contributed by atoms with Crippen LogP contribution >= 0.6 is 15.9 Å². The molecule has 0 atom stereocenters. The third-order valence-electron chi connectivity index (χ3n) is 2.87. The van der Waals surface area contributed by atoms with Crippen LogP contribution in [0.4, 0.5) is 8.78 Å². The van der Waals surface area contributed by atoms with E-state index < -0.39 is 23.2 Å². The predicted octanol–water partition coefficient (Wildman–Crippen LogP) is 4.23. The maximum absolute atomic E-state index is 13.9. The Morgan fingerprint density at radius 3 is 2.52 bits per heavy atom. The average molecular weight is 354 g/mol. The van der Waals surface area contributed by atoms with E-state index in [1.807, 2.05) is 0 Å². The minimum atomic E-state index is -1.21. The fourth-order valence-corrected chi connectivity index (χ4v) is 2.37. The average Bonchev–Trinajstić information content (AvgIpc) is 2.79. The fourth-order valence-electron chi connectivity index (χ4n) is 1.97. The number of hydrogen-bond acceptors (Lipinski definition) is 3. The third kappa shape index (κ3) is 2.29. The van der Waals surface area contributed by atoms with Gasteiger partial charge in [-0.05, 0) is 24.3 Å². The molecule has 0 unspecified atom stereocenters. The number of rotatable bonds is 2. The highest BCUT2D eigenvalue weighted by atomic mass is 79.9. The van der Waals surface area contributed by atoms with Crippen molar-refractivity contribution in [2.75, 3.05) is 0 Å². The number of nitrogens with zero attached hydrogens (tertiary/aromatic N) is 1. The van der Waals surface area contributed by atoms with Gasteiger partial charge in [0.05, 0.1) is 0 Å². The van der Waals surface area contributed by atoms with Crippen LogP contribution in [0.3, 0.4) is 0 Å². The van der Waals surface area contributed by atoms with Crippen LogP contribution in [0.25, 0.3) is 22.6 Å². The standard InChI is InChI=1S/C14H6BrF2NO3/c15-6-4-8(16)11(9(17)5-6)13-18-10-3-1-2-7(14(19)20)12(10)21-13/h1-5H,(H,19,20). The molecular weight excluding hydrogens is 348 g/mol. The Balaban J connectivity index is 2.28.